The Kier molecular flexibility index (Phi) is 6.92. The third kappa shape index (κ3) is 5.67. The summed E-state index contributed by atoms with van der Waals surface area (Å²) >= 11 is 1.58. The van der Waals surface area contributed by atoms with Crippen LogP contribution in [0.3, 0.4) is 0 Å². The molecule has 6 nitrogen and oxygen atoms in total. The Morgan fingerprint density at radius 1 is 0.968 bits per heavy atom. The molecule has 1 aromatic heterocycles. The first-order valence-corrected chi connectivity index (χ1v) is 11.7. The van der Waals surface area contributed by atoms with Crippen LogP contribution >= 0.6 is 11.8 Å². The number of amides is 1. The summed E-state index contributed by atoms with van der Waals surface area (Å²) in [7, 11) is 4.01. The summed E-state index contributed by atoms with van der Waals surface area (Å²) in [4.78, 5) is 24.9. The Bertz CT molecular complexity index is 1020. The van der Waals surface area contributed by atoms with Gasteiger partial charge < -0.3 is 15.5 Å². The maximum Gasteiger partial charge on any atom is 0.230 e. The van der Waals surface area contributed by atoms with E-state index < -0.39 is 0 Å². The number of benzene rings is 2. The molecule has 1 saturated carbocycles. The second kappa shape index (κ2) is 10.0. The molecule has 0 radical (unpaired) electrons. The minimum atomic E-state index is 0.110. The molecule has 7 heteroatoms. The lowest BCUT2D eigenvalue weighted by molar-refractivity contribution is -0.119. The Morgan fingerprint density at radius 2 is 1.65 bits per heavy atom. The fourth-order valence-corrected chi connectivity index (χ4v) is 4.70. The molecule has 4 rings (SSSR count). The van der Waals surface area contributed by atoms with Crippen LogP contribution in [-0.2, 0) is 4.79 Å². The molecule has 2 N–H and O–H groups in total. The minimum Gasteiger partial charge on any atom is -0.362 e. The number of nitrogens with zero attached hydrogens (tertiary/aromatic N) is 3. The quantitative estimate of drug-likeness (QED) is 0.539. The van der Waals surface area contributed by atoms with Gasteiger partial charge in [-0.05, 0) is 49.9 Å². The molecule has 0 saturated heterocycles. The Hall–Kier alpha value is -2.80. The molecule has 0 atom stereocenters. The molecule has 1 aliphatic carbocycles. The fraction of sp³-hybridized carbons (Fsp3) is 0.375. The van der Waals surface area contributed by atoms with Crippen LogP contribution < -0.4 is 15.5 Å². The standard InChI is InChI=1S/C24H29N5OS/c1-29(2)23-20-10-6-7-11-21(20)27-24(28-23)26-18-14-12-17(13-15-18)25-22(30)16-31-19-8-4-3-5-9-19/h3-11,17-18H,12-16H2,1-2H3,(H,25,30)(H,26,27,28). The number of carbonyl (C=O) groups is 1. The number of hydrogen-bond acceptors (Lipinski definition) is 6. The van der Waals surface area contributed by atoms with Gasteiger partial charge in [0.15, 0.2) is 0 Å². The van der Waals surface area contributed by atoms with E-state index in [2.05, 4.69) is 16.7 Å². The summed E-state index contributed by atoms with van der Waals surface area (Å²) in [6.07, 6.45) is 3.91. The first kappa shape index (κ1) is 21.4. The van der Waals surface area contributed by atoms with Crippen LogP contribution in [0.15, 0.2) is 59.5 Å². The zero-order valence-corrected chi connectivity index (χ0v) is 18.9. The van der Waals surface area contributed by atoms with Gasteiger partial charge in [-0.15, -0.1) is 11.8 Å². The van der Waals surface area contributed by atoms with Gasteiger partial charge in [0, 0.05) is 36.5 Å². The lowest BCUT2D eigenvalue weighted by atomic mass is 9.91. The van der Waals surface area contributed by atoms with Gasteiger partial charge in [0.25, 0.3) is 0 Å². The third-order valence-corrected chi connectivity index (χ3v) is 6.56. The van der Waals surface area contributed by atoms with E-state index in [9.17, 15) is 4.79 Å². The number of para-hydroxylation sites is 1. The number of carbonyl (C=O) groups excluding carboxylic acids is 1. The predicted molar refractivity (Wildman–Crippen MR) is 129 cm³/mol. The van der Waals surface area contributed by atoms with Crippen molar-refractivity contribution in [3.05, 3.63) is 54.6 Å². The lowest BCUT2D eigenvalue weighted by Crippen LogP contribution is -2.41. The number of hydrogen-bond donors (Lipinski definition) is 2. The SMILES string of the molecule is CN(C)c1nc(NC2CCC(NC(=O)CSc3ccccc3)CC2)nc2ccccc12. The van der Waals surface area contributed by atoms with E-state index in [-0.39, 0.29) is 11.9 Å². The van der Waals surface area contributed by atoms with Crippen molar-refractivity contribution in [1.29, 1.82) is 0 Å². The number of rotatable bonds is 7. The smallest absolute Gasteiger partial charge is 0.230 e. The molecule has 0 spiro atoms. The largest absolute Gasteiger partial charge is 0.362 e. The number of thioether (sulfide) groups is 1. The van der Waals surface area contributed by atoms with E-state index in [0.717, 1.165) is 47.3 Å². The van der Waals surface area contributed by atoms with Crippen molar-refractivity contribution in [3.8, 4) is 0 Å². The number of aromatic nitrogens is 2. The molecule has 1 aliphatic rings. The molecule has 31 heavy (non-hydrogen) atoms. The zero-order valence-electron chi connectivity index (χ0n) is 18.0. The van der Waals surface area contributed by atoms with Gasteiger partial charge in [0.1, 0.15) is 5.82 Å². The summed E-state index contributed by atoms with van der Waals surface area (Å²) in [5.74, 6) is 2.17. The van der Waals surface area contributed by atoms with Gasteiger partial charge in [-0.3, -0.25) is 4.79 Å². The first-order chi connectivity index (χ1) is 15.1. The topological polar surface area (TPSA) is 70.2 Å². The van der Waals surface area contributed by atoms with E-state index >= 15 is 0 Å². The van der Waals surface area contributed by atoms with Crippen LogP contribution in [0.4, 0.5) is 11.8 Å². The molecule has 1 amide bonds. The van der Waals surface area contributed by atoms with Crippen LogP contribution in [0.25, 0.3) is 10.9 Å². The second-order valence-corrected chi connectivity index (χ2v) is 9.19. The van der Waals surface area contributed by atoms with Crippen molar-refractivity contribution >= 4 is 40.3 Å². The number of anilines is 2. The predicted octanol–water partition coefficient (Wildman–Crippen LogP) is 4.33. The maximum absolute atomic E-state index is 12.3. The zero-order chi connectivity index (χ0) is 21.6. The lowest BCUT2D eigenvalue weighted by Gasteiger charge is -2.30. The minimum absolute atomic E-state index is 0.110. The summed E-state index contributed by atoms with van der Waals surface area (Å²) in [6, 6.07) is 18.7. The monoisotopic (exact) mass is 435 g/mol. The van der Waals surface area contributed by atoms with Crippen molar-refractivity contribution in [2.24, 2.45) is 0 Å². The van der Waals surface area contributed by atoms with Crippen LogP contribution in [-0.4, -0.2) is 47.8 Å². The Labute approximate surface area is 187 Å². The van der Waals surface area contributed by atoms with Gasteiger partial charge in [-0.2, -0.15) is 4.98 Å². The van der Waals surface area contributed by atoms with Gasteiger partial charge >= 0.3 is 0 Å². The highest BCUT2D eigenvalue weighted by atomic mass is 32.2. The van der Waals surface area contributed by atoms with Crippen molar-refractivity contribution in [3.63, 3.8) is 0 Å². The van der Waals surface area contributed by atoms with Gasteiger partial charge in [0.2, 0.25) is 11.9 Å². The average Bonchev–Trinajstić information content (AvgIpc) is 2.79. The van der Waals surface area contributed by atoms with E-state index in [0.29, 0.717) is 17.7 Å². The molecule has 0 unspecified atom stereocenters. The molecular weight excluding hydrogens is 406 g/mol. The third-order valence-electron chi connectivity index (χ3n) is 5.55. The van der Waals surface area contributed by atoms with E-state index in [1.165, 1.54) is 0 Å². The van der Waals surface area contributed by atoms with Crippen molar-refractivity contribution in [2.75, 3.05) is 30.1 Å². The fourth-order valence-electron chi connectivity index (χ4n) is 3.96. The molecule has 1 fully saturated rings. The Balaban J connectivity index is 1.29. The molecule has 1 heterocycles. The normalized spacial score (nSPS) is 18.5. The van der Waals surface area contributed by atoms with E-state index in [4.69, 9.17) is 9.97 Å². The average molecular weight is 436 g/mol. The maximum atomic E-state index is 12.3. The summed E-state index contributed by atoms with van der Waals surface area (Å²) in [5, 5.41) is 7.77. The van der Waals surface area contributed by atoms with Gasteiger partial charge in [0.05, 0.1) is 11.3 Å². The highest BCUT2D eigenvalue weighted by Gasteiger charge is 2.23. The molecular formula is C24H29N5OS. The van der Waals surface area contributed by atoms with Crippen molar-refractivity contribution < 1.29 is 4.79 Å². The number of fused-ring (bicyclic) bond motifs is 1. The van der Waals surface area contributed by atoms with Crippen LogP contribution in [0.2, 0.25) is 0 Å². The van der Waals surface area contributed by atoms with Gasteiger partial charge in [-0.1, -0.05) is 30.3 Å². The van der Waals surface area contributed by atoms with Crippen LogP contribution in [0.1, 0.15) is 25.7 Å². The molecule has 3 aromatic rings. The van der Waals surface area contributed by atoms with E-state index in [1.54, 1.807) is 11.8 Å². The summed E-state index contributed by atoms with van der Waals surface area (Å²) < 4.78 is 0. The highest BCUT2D eigenvalue weighted by Crippen LogP contribution is 2.26. The second-order valence-electron chi connectivity index (χ2n) is 8.14. The first-order valence-electron chi connectivity index (χ1n) is 10.8. The molecule has 162 valence electrons. The van der Waals surface area contributed by atoms with Crippen molar-refractivity contribution in [1.82, 2.24) is 15.3 Å². The molecule has 2 aromatic carbocycles. The highest BCUT2D eigenvalue weighted by molar-refractivity contribution is 8.00. The van der Waals surface area contributed by atoms with Gasteiger partial charge in [-0.25, -0.2) is 4.98 Å². The molecule has 0 aliphatic heterocycles. The Morgan fingerprint density at radius 3 is 2.39 bits per heavy atom. The summed E-state index contributed by atoms with van der Waals surface area (Å²) in [5.41, 5.74) is 0.945. The van der Waals surface area contributed by atoms with Crippen LogP contribution in [0.5, 0.6) is 0 Å². The van der Waals surface area contributed by atoms with E-state index in [1.807, 2.05) is 67.5 Å². The number of nitrogens with one attached hydrogen (secondary N) is 2. The summed E-state index contributed by atoms with van der Waals surface area (Å²) in [6.45, 7) is 0. The van der Waals surface area contributed by atoms with Crippen molar-refractivity contribution in [2.45, 2.75) is 42.7 Å². The van der Waals surface area contributed by atoms with Crippen LogP contribution in [0, 0.1) is 0 Å². The molecule has 0 bridgehead atoms.